The zero-order valence-electron chi connectivity index (χ0n) is 9.15. The quantitative estimate of drug-likeness (QED) is 0.485. The minimum atomic E-state index is -3.78. The topological polar surface area (TPSA) is 60.8 Å². The summed E-state index contributed by atoms with van der Waals surface area (Å²) in [6.07, 6.45) is 4.18. The van der Waals surface area contributed by atoms with E-state index in [2.05, 4.69) is 11.8 Å². The lowest BCUT2D eigenvalue weighted by Crippen LogP contribution is -2.21. The van der Waals surface area contributed by atoms with Crippen LogP contribution in [0.5, 0.6) is 0 Å². The van der Waals surface area contributed by atoms with Gasteiger partial charge in [0.25, 0.3) is 0 Å². The predicted octanol–water partition coefficient (Wildman–Crippen LogP) is 1.68. The van der Waals surface area contributed by atoms with Gasteiger partial charge in [0.05, 0.1) is 6.16 Å². The van der Waals surface area contributed by atoms with E-state index in [1.54, 1.807) is 0 Å². The van der Waals surface area contributed by atoms with Crippen LogP contribution in [0.4, 0.5) is 0 Å². The molecule has 14 heavy (non-hydrogen) atoms. The number of hydrogen-bond donors (Lipinski definition) is 2. The molecule has 0 aromatic carbocycles. The highest BCUT2D eigenvalue weighted by molar-refractivity contribution is 7.51. The summed E-state index contributed by atoms with van der Waals surface area (Å²) in [7, 11) is -1.78. The summed E-state index contributed by atoms with van der Waals surface area (Å²) in [6, 6.07) is 0. The molecule has 86 valence electrons. The van der Waals surface area contributed by atoms with E-state index in [0.29, 0.717) is 6.42 Å². The minimum absolute atomic E-state index is 0.00508. The number of rotatable bonds is 8. The Bertz CT molecular complexity index is 181. The van der Waals surface area contributed by atoms with Crippen LogP contribution >= 0.6 is 7.60 Å². The molecule has 0 aliphatic rings. The van der Waals surface area contributed by atoms with Crippen molar-refractivity contribution in [2.75, 3.05) is 26.3 Å². The largest absolute Gasteiger partial charge is 0.325 e. The van der Waals surface area contributed by atoms with Crippen molar-refractivity contribution in [2.45, 2.75) is 32.6 Å². The highest BCUT2D eigenvalue weighted by Crippen LogP contribution is 2.34. The summed E-state index contributed by atoms with van der Waals surface area (Å²) in [5.41, 5.74) is 0. The Kier molecular flexibility index (Phi) is 7.47. The third-order valence-corrected chi connectivity index (χ3v) is 3.03. The first-order chi connectivity index (χ1) is 6.45. The fourth-order valence-electron chi connectivity index (χ4n) is 1.29. The maximum Gasteiger partial charge on any atom is 0.325 e. The summed E-state index contributed by atoms with van der Waals surface area (Å²) in [5, 5.41) is 0. The first-order valence-electron chi connectivity index (χ1n) is 5.19. The maximum atomic E-state index is 10.5. The molecule has 0 unspecified atom stereocenters. The van der Waals surface area contributed by atoms with E-state index >= 15 is 0 Å². The van der Waals surface area contributed by atoms with E-state index in [1.165, 1.54) is 19.3 Å². The fraction of sp³-hybridized carbons (Fsp3) is 1.00. The molecule has 0 aliphatic carbocycles. The van der Waals surface area contributed by atoms with Gasteiger partial charge in [0, 0.05) is 0 Å². The average Bonchev–Trinajstić information content (AvgIpc) is 2.02. The molecule has 0 bridgehead atoms. The van der Waals surface area contributed by atoms with Gasteiger partial charge >= 0.3 is 7.60 Å². The van der Waals surface area contributed by atoms with Crippen molar-refractivity contribution in [3.05, 3.63) is 0 Å². The van der Waals surface area contributed by atoms with Gasteiger partial charge in [-0.05, 0) is 33.0 Å². The lowest BCUT2D eigenvalue weighted by molar-refractivity contribution is 0.319. The van der Waals surface area contributed by atoms with Crippen molar-refractivity contribution < 1.29 is 14.4 Å². The smallest absolute Gasteiger partial charge is 0.324 e. The number of hydrogen-bond acceptors (Lipinski definition) is 2. The molecular weight excluding hydrogens is 201 g/mol. The second-order valence-electron chi connectivity index (χ2n) is 3.75. The maximum absolute atomic E-state index is 10.5. The zero-order chi connectivity index (χ0) is 11.0. The third-order valence-electron chi connectivity index (χ3n) is 2.13. The molecule has 0 heterocycles. The van der Waals surface area contributed by atoms with Gasteiger partial charge in [-0.2, -0.15) is 0 Å². The Morgan fingerprint density at radius 3 is 2.21 bits per heavy atom. The molecule has 0 aromatic rings. The van der Waals surface area contributed by atoms with E-state index in [1.807, 2.05) is 7.05 Å². The van der Waals surface area contributed by atoms with Gasteiger partial charge in [-0.25, -0.2) is 0 Å². The summed E-state index contributed by atoms with van der Waals surface area (Å²) in [6.45, 7) is 3.96. The molecule has 0 radical (unpaired) electrons. The molecule has 0 aromatic heterocycles. The molecule has 0 spiro atoms. The van der Waals surface area contributed by atoms with Crippen LogP contribution in [-0.2, 0) is 4.57 Å². The first kappa shape index (κ1) is 14.1. The lowest BCUT2D eigenvalue weighted by atomic mass is 10.2. The van der Waals surface area contributed by atoms with Gasteiger partial charge in [-0.15, -0.1) is 0 Å². The molecule has 4 nitrogen and oxygen atoms in total. The van der Waals surface area contributed by atoms with E-state index < -0.39 is 7.60 Å². The molecule has 5 heteroatoms. The third kappa shape index (κ3) is 10.2. The molecule has 0 amide bonds. The SMILES string of the molecule is CCCCCN(C)CCCP(=O)(O)O. The molecule has 0 saturated heterocycles. The summed E-state index contributed by atoms with van der Waals surface area (Å²) < 4.78 is 10.5. The van der Waals surface area contributed by atoms with Crippen LogP contribution in [0, 0.1) is 0 Å². The monoisotopic (exact) mass is 223 g/mol. The lowest BCUT2D eigenvalue weighted by Gasteiger charge is -2.16. The second kappa shape index (κ2) is 7.41. The predicted molar refractivity (Wildman–Crippen MR) is 58.6 cm³/mol. The summed E-state index contributed by atoms with van der Waals surface area (Å²) in [5.74, 6) is 0. The first-order valence-corrected chi connectivity index (χ1v) is 6.98. The molecule has 2 N–H and O–H groups in total. The van der Waals surface area contributed by atoms with Gasteiger partial charge in [-0.3, -0.25) is 4.57 Å². The van der Waals surface area contributed by atoms with Crippen LogP contribution < -0.4 is 0 Å². The summed E-state index contributed by atoms with van der Waals surface area (Å²) in [4.78, 5) is 19.4. The Labute approximate surface area is 86.5 Å². The van der Waals surface area contributed by atoms with Gasteiger partial charge in [0.1, 0.15) is 0 Å². The van der Waals surface area contributed by atoms with Gasteiger partial charge in [-0.1, -0.05) is 19.8 Å². The zero-order valence-corrected chi connectivity index (χ0v) is 10.0. The number of unbranched alkanes of at least 4 members (excludes halogenated alkanes) is 2. The Morgan fingerprint density at radius 1 is 1.14 bits per heavy atom. The van der Waals surface area contributed by atoms with Crippen molar-refractivity contribution in [1.29, 1.82) is 0 Å². The van der Waals surface area contributed by atoms with Gasteiger partial charge < -0.3 is 14.7 Å². The molecule has 0 atom stereocenters. The van der Waals surface area contributed by atoms with Crippen LogP contribution in [0.25, 0.3) is 0 Å². The number of nitrogens with zero attached hydrogens (tertiary/aromatic N) is 1. The highest BCUT2D eigenvalue weighted by Gasteiger charge is 2.11. The van der Waals surface area contributed by atoms with Crippen LogP contribution in [0.15, 0.2) is 0 Å². The van der Waals surface area contributed by atoms with Crippen LogP contribution in [0.1, 0.15) is 32.6 Å². The standard InChI is InChI=1S/C9H22NO3P/c1-3-4-5-7-10(2)8-6-9-14(11,12)13/h3-9H2,1-2H3,(H2,11,12,13). The van der Waals surface area contributed by atoms with Gasteiger partial charge in [0.2, 0.25) is 0 Å². The highest BCUT2D eigenvalue weighted by atomic mass is 31.2. The van der Waals surface area contributed by atoms with Crippen molar-refractivity contribution in [2.24, 2.45) is 0 Å². The van der Waals surface area contributed by atoms with Crippen LogP contribution in [0.3, 0.4) is 0 Å². The van der Waals surface area contributed by atoms with Crippen molar-refractivity contribution >= 4 is 7.60 Å². The molecule has 0 aliphatic heterocycles. The Hall–Kier alpha value is 0.110. The van der Waals surface area contributed by atoms with E-state index in [4.69, 9.17) is 9.79 Å². The molecule has 0 fully saturated rings. The fourth-order valence-corrected chi connectivity index (χ4v) is 1.84. The van der Waals surface area contributed by atoms with Crippen LogP contribution in [0.2, 0.25) is 0 Å². The minimum Gasteiger partial charge on any atom is -0.324 e. The Balaban J connectivity index is 3.35. The van der Waals surface area contributed by atoms with E-state index in [0.717, 1.165) is 13.1 Å². The molecule has 0 rings (SSSR count). The average molecular weight is 223 g/mol. The molecule has 0 saturated carbocycles. The van der Waals surface area contributed by atoms with E-state index in [9.17, 15) is 4.57 Å². The van der Waals surface area contributed by atoms with Crippen molar-refractivity contribution in [3.63, 3.8) is 0 Å². The Morgan fingerprint density at radius 2 is 1.71 bits per heavy atom. The van der Waals surface area contributed by atoms with Crippen LogP contribution in [-0.4, -0.2) is 41.0 Å². The second-order valence-corrected chi connectivity index (χ2v) is 5.53. The van der Waals surface area contributed by atoms with Gasteiger partial charge in [0.15, 0.2) is 0 Å². The van der Waals surface area contributed by atoms with E-state index in [-0.39, 0.29) is 6.16 Å². The molecular formula is C9H22NO3P. The van der Waals surface area contributed by atoms with Crippen molar-refractivity contribution in [3.8, 4) is 0 Å². The van der Waals surface area contributed by atoms with Crippen molar-refractivity contribution in [1.82, 2.24) is 4.90 Å². The normalized spacial score (nSPS) is 12.4. The summed E-state index contributed by atoms with van der Waals surface area (Å²) >= 11 is 0.